The van der Waals surface area contributed by atoms with Crippen LogP contribution >= 0.6 is 0 Å². The molecule has 0 bridgehead atoms. The standard InChI is InChI=1S/C21H30N4O5S/c22-21(28)17-11-10-16(24-19(27)12-9-15-6-2-1-3-7-15)18(26)14-25(17)31(29,30)20-8-4-5-13-23-20/h4-5,8,13,15-17H,1-3,6-7,9-12,14H2,(H2,22,28)(H,24,27)/t16-,17+/m0/s1. The number of Topliss-reactive ketones (excluding diaryl/α,β-unsaturated/α-hetero) is 1. The Labute approximate surface area is 182 Å². The summed E-state index contributed by atoms with van der Waals surface area (Å²) in [6.07, 6.45) is 8.55. The third-order valence-corrected chi connectivity index (χ3v) is 7.93. The van der Waals surface area contributed by atoms with Crippen LogP contribution in [0.5, 0.6) is 0 Å². The summed E-state index contributed by atoms with van der Waals surface area (Å²) in [4.78, 5) is 41.1. The van der Waals surface area contributed by atoms with Crippen LogP contribution in [0.15, 0.2) is 29.4 Å². The molecule has 2 heterocycles. The molecule has 31 heavy (non-hydrogen) atoms. The van der Waals surface area contributed by atoms with Crippen LogP contribution in [-0.4, -0.2) is 53.9 Å². The average molecular weight is 451 g/mol. The van der Waals surface area contributed by atoms with E-state index in [0.29, 0.717) is 12.3 Å². The number of primary amides is 1. The Balaban J connectivity index is 1.68. The number of nitrogens with one attached hydrogen (secondary N) is 1. The molecule has 1 aliphatic heterocycles. The van der Waals surface area contributed by atoms with Crippen LogP contribution in [0.3, 0.4) is 0 Å². The molecule has 2 aliphatic rings. The van der Waals surface area contributed by atoms with Gasteiger partial charge in [0.25, 0.3) is 10.0 Å². The van der Waals surface area contributed by atoms with E-state index in [-0.39, 0.29) is 23.8 Å². The van der Waals surface area contributed by atoms with Crippen molar-refractivity contribution in [3.8, 4) is 0 Å². The smallest absolute Gasteiger partial charge is 0.261 e. The Morgan fingerprint density at radius 2 is 1.87 bits per heavy atom. The molecule has 1 aromatic heterocycles. The molecule has 2 atom stereocenters. The largest absolute Gasteiger partial charge is 0.368 e. The van der Waals surface area contributed by atoms with Crippen molar-refractivity contribution in [2.24, 2.45) is 11.7 Å². The van der Waals surface area contributed by atoms with E-state index in [1.807, 2.05) is 0 Å². The molecule has 1 aliphatic carbocycles. The van der Waals surface area contributed by atoms with Gasteiger partial charge >= 0.3 is 0 Å². The Bertz CT molecular complexity index is 900. The number of nitrogens with two attached hydrogens (primary N) is 1. The third-order valence-electron chi connectivity index (χ3n) is 6.16. The fourth-order valence-electron chi connectivity index (χ4n) is 4.39. The minimum absolute atomic E-state index is 0.0424. The molecule has 170 valence electrons. The summed E-state index contributed by atoms with van der Waals surface area (Å²) in [5.41, 5.74) is 5.46. The summed E-state index contributed by atoms with van der Waals surface area (Å²) in [7, 11) is -4.20. The lowest BCUT2D eigenvalue weighted by Gasteiger charge is -2.25. The van der Waals surface area contributed by atoms with E-state index in [1.54, 1.807) is 6.07 Å². The molecule has 0 unspecified atom stereocenters. The lowest BCUT2D eigenvalue weighted by atomic mass is 9.86. The van der Waals surface area contributed by atoms with Gasteiger partial charge in [-0.1, -0.05) is 38.2 Å². The second-order valence-corrected chi connectivity index (χ2v) is 10.2. The summed E-state index contributed by atoms with van der Waals surface area (Å²) < 4.78 is 26.9. The molecule has 0 spiro atoms. The van der Waals surface area contributed by atoms with E-state index in [2.05, 4.69) is 10.3 Å². The molecule has 0 radical (unpaired) electrons. The van der Waals surface area contributed by atoms with Crippen LogP contribution in [0, 0.1) is 5.92 Å². The minimum Gasteiger partial charge on any atom is -0.368 e. The van der Waals surface area contributed by atoms with Gasteiger partial charge < -0.3 is 11.1 Å². The highest BCUT2D eigenvalue weighted by Crippen LogP contribution is 2.27. The van der Waals surface area contributed by atoms with E-state index < -0.39 is 40.3 Å². The van der Waals surface area contributed by atoms with Gasteiger partial charge in [0, 0.05) is 12.6 Å². The minimum atomic E-state index is -4.20. The van der Waals surface area contributed by atoms with Crippen LogP contribution in [0.1, 0.15) is 57.8 Å². The van der Waals surface area contributed by atoms with Crippen molar-refractivity contribution < 1.29 is 22.8 Å². The van der Waals surface area contributed by atoms with Gasteiger partial charge in [0.2, 0.25) is 11.8 Å². The molecule has 1 saturated heterocycles. The van der Waals surface area contributed by atoms with Crippen LogP contribution in [0.4, 0.5) is 0 Å². The van der Waals surface area contributed by atoms with Crippen molar-refractivity contribution >= 4 is 27.6 Å². The SMILES string of the molecule is NC(=O)[C@H]1CC[C@H](NC(=O)CCC2CCCCC2)C(=O)CN1S(=O)(=O)c1ccccn1. The maximum absolute atomic E-state index is 13.0. The van der Waals surface area contributed by atoms with E-state index >= 15 is 0 Å². The lowest BCUT2D eigenvalue weighted by molar-refractivity contribution is -0.128. The number of nitrogens with zero attached hydrogens (tertiary/aromatic N) is 2. The first-order chi connectivity index (χ1) is 14.8. The summed E-state index contributed by atoms with van der Waals surface area (Å²) in [5.74, 6) is -0.978. The van der Waals surface area contributed by atoms with Gasteiger partial charge in [-0.25, -0.2) is 13.4 Å². The van der Waals surface area contributed by atoms with Gasteiger partial charge in [0.15, 0.2) is 10.8 Å². The third kappa shape index (κ3) is 5.88. The molecule has 9 nitrogen and oxygen atoms in total. The molecule has 1 aromatic rings. The van der Waals surface area contributed by atoms with Crippen molar-refractivity contribution in [2.45, 2.75) is 74.9 Å². The number of pyridine rings is 1. The fraction of sp³-hybridized carbons (Fsp3) is 0.619. The van der Waals surface area contributed by atoms with E-state index in [4.69, 9.17) is 5.73 Å². The van der Waals surface area contributed by atoms with Crippen molar-refractivity contribution in [3.63, 3.8) is 0 Å². The monoisotopic (exact) mass is 450 g/mol. The fourth-order valence-corrected chi connectivity index (χ4v) is 5.92. The summed E-state index contributed by atoms with van der Waals surface area (Å²) in [6, 6.07) is 2.35. The summed E-state index contributed by atoms with van der Waals surface area (Å²) >= 11 is 0. The van der Waals surface area contributed by atoms with Gasteiger partial charge in [0.1, 0.15) is 6.04 Å². The second kappa shape index (κ2) is 10.3. The number of aromatic nitrogens is 1. The van der Waals surface area contributed by atoms with E-state index in [0.717, 1.165) is 23.6 Å². The Hall–Kier alpha value is -2.33. The maximum Gasteiger partial charge on any atom is 0.261 e. The molecule has 1 saturated carbocycles. The number of carbonyl (C=O) groups excluding carboxylic acids is 3. The highest BCUT2D eigenvalue weighted by molar-refractivity contribution is 7.89. The van der Waals surface area contributed by atoms with E-state index in [1.165, 1.54) is 37.6 Å². The van der Waals surface area contributed by atoms with Crippen LogP contribution < -0.4 is 11.1 Å². The van der Waals surface area contributed by atoms with Crippen molar-refractivity contribution in [1.29, 1.82) is 0 Å². The first-order valence-corrected chi connectivity index (χ1v) is 12.3. The summed E-state index contributed by atoms with van der Waals surface area (Å²) in [5, 5.41) is 2.48. The Kier molecular flexibility index (Phi) is 7.77. The number of hydrogen-bond acceptors (Lipinski definition) is 6. The first-order valence-electron chi connectivity index (χ1n) is 10.8. The van der Waals surface area contributed by atoms with Gasteiger partial charge in [0.05, 0.1) is 12.6 Å². The molecule has 2 amide bonds. The molecule has 2 fully saturated rings. The number of ketones is 1. The topological polar surface area (TPSA) is 140 Å². The second-order valence-electron chi connectivity index (χ2n) is 8.34. The van der Waals surface area contributed by atoms with Crippen molar-refractivity contribution in [2.75, 3.05) is 6.54 Å². The van der Waals surface area contributed by atoms with E-state index in [9.17, 15) is 22.8 Å². The van der Waals surface area contributed by atoms with Gasteiger partial charge in [-0.15, -0.1) is 0 Å². The Morgan fingerprint density at radius 3 is 2.52 bits per heavy atom. The first kappa shape index (κ1) is 23.3. The zero-order chi connectivity index (χ0) is 22.4. The van der Waals surface area contributed by atoms with Crippen molar-refractivity contribution in [1.82, 2.24) is 14.6 Å². The number of amides is 2. The quantitative estimate of drug-likeness (QED) is 0.638. The van der Waals surface area contributed by atoms with Crippen LogP contribution in [0.25, 0.3) is 0 Å². The van der Waals surface area contributed by atoms with Gasteiger partial charge in [-0.05, 0) is 37.3 Å². The molecule has 10 heteroatoms. The highest BCUT2D eigenvalue weighted by Gasteiger charge is 2.41. The zero-order valence-corrected chi connectivity index (χ0v) is 18.4. The van der Waals surface area contributed by atoms with Crippen molar-refractivity contribution in [3.05, 3.63) is 24.4 Å². The van der Waals surface area contributed by atoms with Crippen LogP contribution in [-0.2, 0) is 24.4 Å². The normalized spacial score (nSPS) is 23.8. The van der Waals surface area contributed by atoms with Crippen LogP contribution in [0.2, 0.25) is 0 Å². The number of carbonyl (C=O) groups is 3. The molecule has 3 rings (SSSR count). The number of hydrogen-bond donors (Lipinski definition) is 2. The summed E-state index contributed by atoms with van der Waals surface area (Å²) in [6.45, 7) is -0.542. The Morgan fingerprint density at radius 1 is 1.13 bits per heavy atom. The predicted octanol–water partition coefficient (Wildman–Crippen LogP) is 1.13. The average Bonchev–Trinajstić information content (AvgIpc) is 2.93. The molecule has 0 aromatic carbocycles. The number of sulfonamides is 1. The maximum atomic E-state index is 13.0. The zero-order valence-electron chi connectivity index (χ0n) is 17.5. The molecular weight excluding hydrogens is 420 g/mol. The lowest BCUT2D eigenvalue weighted by Crippen LogP contribution is -2.49. The number of rotatable bonds is 7. The molecular formula is C21H30N4O5S. The predicted molar refractivity (Wildman–Crippen MR) is 113 cm³/mol. The molecule has 3 N–H and O–H groups in total. The van der Waals surface area contributed by atoms with Gasteiger partial charge in [-0.2, -0.15) is 4.31 Å². The van der Waals surface area contributed by atoms with Gasteiger partial charge in [-0.3, -0.25) is 14.4 Å². The highest BCUT2D eigenvalue weighted by atomic mass is 32.2.